The van der Waals surface area contributed by atoms with Gasteiger partial charge in [0.2, 0.25) is 0 Å². The van der Waals surface area contributed by atoms with E-state index in [1.165, 1.54) is 43.6 Å². The Hall–Kier alpha value is -1.31. The summed E-state index contributed by atoms with van der Waals surface area (Å²) in [5.74, 6) is 1.83. The lowest BCUT2D eigenvalue weighted by molar-refractivity contribution is 0.112. The highest BCUT2D eigenvalue weighted by Gasteiger charge is 2.36. The van der Waals surface area contributed by atoms with E-state index in [0.717, 1.165) is 23.7 Å². The van der Waals surface area contributed by atoms with E-state index in [0.29, 0.717) is 0 Å². The Morgan fingerprint density at radius 1 is 1.24 bits per heavy atom. The van der Waals surface area contributed by atoms with Gasteiger partial charge in [-0.3, -0.25) is 4.79 Å². The highest BCUT2D eigenvalue weighted by atomic mass is 16.1. The Labute approximate surface area is 103 Å². The number of carbonyl (C=O) groups is 1. The van der Waals surface area contributed by atoms with Crippen LogP contribution in [0, 0.1) is 18.8 Å². The van der Waals surface area contributed by atoms with E-state index >= 15 is 0 Å². The average Bonchev–Trinajstić information content (AvgIpc) is 2.89. The molecule has 1 aromatic carbocycles. The van der Waals surface area contributed by atoms with Crippen molar-refractivity contribution in [2.75, 3.05) is 18.0 Å². The summed E-state index contributed by atoms with van der Waals surface area (Å²) in [5.41, 5.74) is 3.34. The van der Waals surface area contributed by atoms with E-state index in [2.05, 4.69) is 17.9 Å². The van der Waals surface area contributed by atoms with Crippen molar-refractivity contribution in [2.45, 2.75) is 26.2 Å². The third-order valence-electron chi connectivity index (χ3n) is 4.42. The number of aryl methyl sites for hydroxylation is 1. The highest BCUT2D eigenvalue weighted by molar-refractivity contribution is 5.77. The second kappa shape index (κ2) is 4.17. The number of carbonyl (C=O) groups excluding carboxylic acids is 1. The van der Waals surface area contributed by atoms with Gasteiger partial charge >= 0.3 is 0 Å². The van der Waals surface area contributed by atoms with Crippen LogP contribution in [-0.2, 0) is 0 Å². The van der Waals surface area contributed by atoms with Crippen molar-refractivity contribution in [1.29, 1.82) is 0 Å². The molecule has 2 aliphatic rings. The number of hydrogen-bond donors (Lipinski definition) is 0. The highest BCUT2D eigenvalue weighted by Crippen LogP contribution is 2.40. The lowest BCUT2D eigenvalue weighted by atomic mass is 10.0. The quantitative estimate of drug-likeness (QED) is 0.726. The lowest BCUT2D eigenvalue weighted by Gasteiger charge is -2.22. The number of rotatable bonds is 2. The van der Waals surface area contributed by atoms with E-state index < -0.39 is 0 Å². The van der Waals surface area contributed by atoms with Gasteiger partial charge in [-0.1, -0.05) is 6.42 Å². The second-order valence-corrected chi connectivity index (χ2v) is 5.52. The van der Waals surface area contributed by atoms with Crippen molar-refractivity contribution in [1.82, 2.24) is 0 Å². The molecule has 2 unspecified atom stereocenters. The Kier molecular flexibility index (Phi) is 2.65. The Morgan fingerprint density at radius 2 is 1.94 bits per heavy atom. The minimum absolute atomic E-state index is 0.783. The van der Waals surface area contributed by atoms with Crippen LogP contribution in [0.2, 0.25) is 0 Å². The number of anilines is 1. The molecule has 17 heavy (non-hydrogen) atoms. The standard InChI is InChI=1S/C15H19NO/c1-11-7-12(10-17)5-6-15(11)16-8-13-3-2-4-14(13)9-16/h5-7,10,13-14H,2-4,8-9H2,1H3. The maximum absolute atomic E-state index is 10.7. The summed E-state index contributed by atoms with van der Waals surface area (Å²) in [7, 11) is 0. The third-order valence-corrected chi connectivity index (χ3v) is 4.42. The second-order valence-electron chi connectivity index (χ2n) is 5.52. The van der Waals surface area contributed by atoms with Crippen LogP contribution < -0.4 is 4.90 Å². The van der Waals surface area contributed by atoms with Crippen LogP contribution in [0.15, 0.2) is 18.2 Å². The third kappa shape index (κ3) is 1.86. The fraction of sp³-hybridized carbons (Fsp3) is 0.533. The number of fused-ring (bicyclic) bond motifs is 1. The lowest BCUT2D eigenvalue weighted by Crippen LogP contribution is -2.21. The molecule has 3 rings (SSSR count). The summed E-state index contributed by atoms with van der Waals surface area (Å²) in [5, 5.41) is 0. The fourth-order valence-electron chi connectivity index (χ4n) is 3.54. The molecule has 1 saturated heterocycles. The molecule has 0 amide bonds. The first-order valence-electron chi connectivity index (χ1n) is 6.58. The molecule has 0 bridgehead atoms. The predicted octanol–water partition coefficient (Wildman–Crippen LogP) is 3.04. The zero-order valence-electron chi connectivity index (χ0n) is 10.4. The van der Waals surface area contributed by atoms with Crippen molar-refractivity contribution in [3.8, 4) is 0 Å². The van der Waals surface area contributed by atoms with Crippen LogP contribution in [0.1, 0.15) is 35.2 Å². The van der Waals surface area contributed by atoms with Gasteiger partial charge in [0.05, 0.1) is 0 Å². The average molecular weight is 229 g/mol. The number of aldehydes is 1. The smallest absolute Gasteiger partial charge is 0.150 e. The van der Waals surface area contributed by atoms with Crippen LogP contribution in [0.3, 0.4) is 0 Å². The Balaban J connectivity index is 1.83. The SMILES string of the molecule is Cc1cc(C=O)ccc1N1CC2CCCC2C1. The van der Waals surface area contributed by atoms with Gasteiger partial charge in [0.25, 0.3) is 0 Å². The predicted molar refractivity (Wildman–Crippen MR) is 69.6 cm³/mol. The molecule has 90 valence electrons. The molecule has 2 fully saturated rings. The van der Waals surface area contributed by atoms with Gasteiger partial charge in [-0.05, 0) is 55.4 Å². The van der Waals surface area contributed by atoms with Crippen molar-refractivity contribution in [2.24, 2.45) is 11.8 Å². The molecule has 2 heteroatoms. The van der Waals surface area contributed by atoms with E-state index in [1.807, 2.05) is 12.1 Å². The molecule has 1 aliphatic heterocycles. The minimum Gasteiger partial charge on any atom is -0.371 e. The molecule has 0 aromatic heterocycles. The summed E-state index contributed by atoms with van der Waals surface area (Å²) < 4.78 is 0. The van der Waals surface area contributed by atoms with Crippen molar-refractivity contribution in [3.05, 3.63) is 29.3 Å². The van der Waals surface area contributed by atoms with Gasteiger partial charge in [0, 0.05) is 24.3 Å². The molecule has 1 aliphatic carbocycles. The maximum atomic E-state index is 10.7. The van der Waals surface area contributed by atoms with E-state index in [-0.39, 0.29) is 0 Å². The molecular weight excluding hydrogens is 210 g/mol. The monoisotopic (exact) mass is 229 g/mol. The summed E-state index contributed by atoms with van der Waals surface area (Å²) in [6.45, 7) is 4.54. The fourth-order valence-corrected chi connectivity index (χ4v) is 3.54. The van der Waals surface area contributed by atoms with E-state index in [4.69, 9.17) is 0 Å². The van der Waals surface area contributed by atoms with Gasteiger partial charge < -0.3 is 4.90 Å². The number of nitrogens with zero attached hydrogens (tertiary/aromatic N) is 1. The van der Waals surface area contributed by atoms with Crippen molar-refractivity contribution >= 4 is 12.0 Å². The molecule has 1 aromatic rings. The van der Waals surface area contributed by atoms with Crippen LogP contribution in [-0.4, -0.2) is 19.4 Å². The van der Waals surface area contributed by atoms with Crippen LogP contribution >= 0.6 is 0 Å². The Morgan fingerprint density at radius 3 is 2.53 bits per heavy atom. The van der Waals surface area contributed by atoms with Crippen LogP contribution in [0.5, 0.6) is 0 Å². The minimum atomic E-state index is 0.783. The van der Waals surface area contributed by atoms with Gasteiger partial charge in [0.15, 0.2) is 0 Å². The maximum Gasteiger partial charge on any atom is 0.150 e. The van der Waals surface area contributed by atoms with E-state index in [9.17, 15) is 4.79 Å². The molecule has 0 N–H and O–H groups in total. The zero-order chi connectivity index (χ0) is 11.8. The number of hydrogen-bond acceptors (Lipinski definition) is 2. The van der Waals surface area contributed by atoms with Gasteiger partial charge in [-0.15, -0.1) is 0 Å². The first-order valence-corrected chi connectivity index (χ1v) is 6.58. The molecule has 1 heterocycles. The largest absolute Gasteiger partial charge is 0.371 e. The van der Waals surface area contributed by atoms with E-state index in [1.54, 1.807) is 0 Å². The number of benzene rings is 1. The summed E-state index contributed by atoms with van der Waals surface area (Å²) in [6.07, 6.45) is 5.17. The molecule has 0 radical (unpaired) electrons. The van der Waals surface area contributed by atoms with Crippen molar-refractivity contribution < 1.29 is 4.79 Å². The topological polar surface area (TPSA) is 20.3 Å². The Bertz CT molecular complexity index is 429. The van der Waals surface area contributed by atoms with Gasteiger partial charge in [0.1, 0.15) is 6.29 Å². The summed E-state index contributed by atoms with van der Waals surface area (Å²) in [4.78, 5) is 13.2. The molecule has 0 spiro atoms. The van der Waals surface area contributed by atoms with Gasteiger partial charge in [-0.25, -0.2) is 0 Å². The zero-order valence-corrected chi connectivity index (χ0v) is 10.4. The van der Waals surface area contributed by atoms with Crippen molar-refractivity contribution in [3.63, 3.8) is 0 Å². The molecular formula is C15H19NO. The molecule has 2 nitrogen and oxygen atoms in total. The summed E-state index contributed by atoms with van der Waals surface area (Å²) in [6, 6.07) is 6.04. The molecule has 1 saturated carbocycles. The van der Waals surface area contributed by atoms with Gasteiger partial charge in [-0.2, -0.15) is 0 Å². The van der Waals surface area contributed by atoms with Crippen LogP contribution in [0.25, 0.3) is 0 Å². The normalized spacial score (nSPS) is 27.2. The first kappa shape index (κ1) is 10.8. The molecule has 2 atom stereocenters. The summed E-state index contributed by atoms with van der Waals surface area (Å²) >= 11 is 0. The van der Waals surface area contributed by atoms with Crippen LogP contribution in [0.4, 0.5) is 5.69 Å². The first-order chi connectivity index (χ1) is 8.28.